The zero-order chi connectivity index (χ0) is 23.2. The number of ether oxygens (including phenoxy) is 3. The number of rotatable bonds is 6. The molecule has 4 aliphatic heterocycles. The number of nitrogens with one attached hydrogen (secondary N) is 1. The number of hydrogen-bond acceptors (Lipinski definition) is 8. The largest absolute Gasteiger partial charge is 0.467 e. The van der Waals surface area contributed by atoms with Crippen LogP contribution in [0.2, 0.25) is 0 Å². The summed E-state index contributed by atoms with van der Waals surface area (Å²) in [6.07, 6.45) is 3.78. The van der Waals surface area contributed by atoms with E-state index in [1.165, 1.54) is 0 Å². The van der Waals surface area contributed by atoms with Crippen LogP contribution in [0.1, 0.15) is 65.1 Å². The van der Waals surface area contributed by atoms with Crippen LogP contribution in [0.3, 0.4) is 0 Å². The van der Waals surface area contributed by atoms with E-state index in [-0.39, 0.29) is 43.0 Å². The van der Waals surface area contributed by atoms with Crippen LogP contribution in [-0.2, 0) is 40.1 Å². The average Bonchev–Trinajstić information content (AvgIpc) is 3.21. The predicted molar refractivity (Wildman–Crippen MR) is 113 cm³/mol. The Morgan fingerprint density at radius 1 is 1.15 bits per heavy atom. The normalized spacial score (nSPS) is 41.7. The maximum atomic E-state index is 12.6. The highest BCUT2D eigenvalue weighted by molar-refractivity contribution is 5.81. The lowest BCUT2D eigenvalue weighted by Crippen LogP contribution is -2.70. The molecule has 5 heterocycles. The van der Waals surface area contributed by atoms with Crippen LogP contribution >= 0.6 is 0 Å². The standard InChI is InChI=1S/C24H33NO8/c1-14-6-7-18-15(2)21(29-20(27)9-8-19(26)25-13-16-5-4-12-28-16)30-22-24(18)17(14)10-11-23(3,31-22)32-33-24/h4-5,12,14-15,17-18,21-22H,6-11,13H2,1-3H3,(H,25,26)/t14-,15-,17+,18+,21-,22-,23?,24?/m1/s1. The number of hydrogen-bond donors (Lipinski definition) is 1. The quantitative estimate of drug-likeness (QED) is 0.505. The second-order valence-corrected chi connectivity index (χ2v) is 10.1. The van der Waals surface area contributed by atoms with Crippen molar-refractivity contribution in [1.82, 2.24) is 5.32 Å². The summed E-state index contributed by atoms with van der Waals surface area (Å²) < 4.78 is 23.4. The van der Waals surface area contributed by atoms with Crippen LogP contribution in [0.15, 0.2) is 22.8 Å². The van der Waals surface area contributed by atoms with E-state index < -0.39 is 29.9 Å². The van der Waals surface area contributed by atoms with Crippen LogP contribution < -0.4 is 5.32 Å². The third kappa shape index (κ3) is 4.09. The first-order valence-electron chi connectivity index (χ1n) is 12.0. The van der Waals surface area contributed by atoms with E-state index in [2.05, 4.69) is 12.2 Å². The molecule has 0 radical (unpaired) electrons. The highest BCUT2D eigenvalue weighted by Gasteiger charge is 2.69. The number of fused-ring (bicyclic) bond motifs is 2. The van der Waals surface area contributed by atoms with Gasteiger partial charge in [-0.15, -0.1) is 0 Å². The van der Waals surface area contributed by atoms with Crippen molar-refractivity contribution in [3.05, 3.63) is 24.2 Å². The van der Waals surface area contributed by atoms with Crippen molar-refractivity contribution in [3.63, 3.8) is 0 Å². The fourth-order valence-electron chi connectivity index (χ4n) is 6.10. The monoisotopic (exact) mass is 463 g/mol. The Labute approximate surface area is 193 Å². The minimum atomic E-state index is -0.876. The smallest absolute Gasteiger partial charge is 0.308 e. The number of amides is 1. The molecule has 1 aromatic heterocycles. The molecule has 182 valence electrons. The van der Waals surface area contributed by atoms with Gasteiger partial charge < -0.3 is 23.9 Å². The van der Waals surface area contributed by atoms with Crippen LogP contribution in [0.25, 0.3) is 0 Å². The van der Waals surface area contributed by atoms with Crippen molar-refractivity contribution in [2.45, 2.75) is 89.8 Å². The molecule has 33 heavy (non-hydrogen) atoms. The zero-order valence-corrected chi connectivity index (χ0v) is 19.4. The lowest BCUT2D eigenvalue weighted by molar-refractivity contribution is -0.576. The van der Waals surface area contributed by atoms with Gasteiger partial charge in [-0.2, -0.15) is 0 Å². The minimum absolute atomic E-state index is 0.0303. The Bertz CT molecular complexity index is 874. The van der Waals surface area contributed by atoms with Gasteiger partial charge in [0.25, 0.3) is 0 Å². The second-order valence-electron chi connectivity index (χ2n) is 10.1. The first-order chi connectivity index (χ1) is 15.8. The Balaban J connectivity index is 1.22. The van der Waals surface area contributed by atoms with Gasteiger partial charge in [0.1, 0.15) is 5.76 Å². The molecular formula is C24H33NO8. The zero-order valence-electron chi connectivity index (χ0n) is 19.4. The van der Waals surface area contributed by atoms with E-state index in [0.717, 1.165) is 25.7 Å². The van der Waals surface area contributed by atoms with Crippen LogP contribution in [-0.4, -0.2) is 35.8 Å². The molecule has 2 unspecified atom stereocenters. The first kappa shape index (κ1) is 22.8. The highest BCUT2D eigenvalue weighted by Crippen LogP contribution is 2.60. The van der Waals surface area contributed by atoms with Crippen molar-refractivity contribution in [2.75, 3.05) is 0 Å². The van der Waals surface area contributed by atoms with E-state index in [1.807, 2.05) is 13.8 Å². The van der Waals surface area contributed by atoms with Gasteiger partial charge in [-0.3, -0.25) is 9.59 Å². The third-order valence-electron chi connectivity index (χ3n) is 7.94. The minimum Gasteiger partial charge on any atom is -0.467 e. The molecule has 1 spiro atoms. The number of esters is 1. The molecule has 9 nitrogen and oxygen atoms in total. The predicted octanol–water partition coefficient (Wildman–Crippen LogP) is 3.43. The van der Waals surface area contributed by atoms with Gasteiger partial charge in [0.05, 0.1) is 19.2 Å². The topological polar surface area (TPSA) is 105 Å². The van der Waals surface area contributed by atoms with E-state index in [4.69, 9.17) is 28.4 Å². The summed E-state index contributed by atoms with van der Waals surface area (Å²) in [5.41, 5.74) is -0.693. The van der Waals surface area contributed by atoms with Gasteiger partial charge in [0, 0.05) is 24.7 Å². The second kappa shape index (κ2) is 8.69. The summed E-state index contributed by atoms with van der Waals surface area (Å²) in [5, 5.41) is 2.73. The molecule has 6 rings (SSSR count). The molecule has 9 heteroatoms. The Morgan fingerprint density at radius 3 is 2.79 bits per heavy atom. The summed E-state index contributed by atoms with van der Waals surface area (Å²) in [6.45, 7) is 6.43. The van der Waals surface area contributed by atoms with E-state index in [9.17, 15) is 9.59 Å². The van der Waals surface area contributed by atoms with Crippen LogP contribution in [0.5, 0.6) is 0 Å². The third-order valence-corrected chi connectivity index (χ3v) is 7.94. The molecule has 4 saturated heterocycles. The van der Waals surface area contributed by atoms with E-state index in [1.54, 1.807) is 18.4 Å². The number of carbonyl (C=O) groups is 2. The van der Waals surface area contributed by atoms with Gasteiger partial charge >= 0.3 is 5.97 Å². The molecule has 8 atom stereocenters. The number of carbonyl (C=O) groups excluding carboxylic acids is 2. The molecule has 1 saturated carbocycles. The summed E-state index contributed by atoms with van der Waals surface area (Å²) in [6, 6.07) is 3.53. The van der Waals surface area contributed by atoms with Crippen LogP contribution in [0.4, 0.5) is 0 Å². The van der Waals surface area contributed by atoms with Crippen molar-refractivity contribution in [1.29, 1.82) is 0 Å². The Morgan fingerprint density at radius 2 is 2.00 bits per heavy atom. The lowest BCUT2D eigenvalue weighted by Gasteiger charge is -2.59. The Kier molecular flexibility index (Phi) is 6.01. The molecule has 1 aliphatic carbocycles. The molecule has 5 fully saturated rings. The summed E-state index contributed by atoms with van der Waals surface area (Å²) >= 11 is 0. The fraction of sp³-hybridized carbons (Fsp3) is 0.750. The number of furan rings is 1. The van der Waals surface area contributed by atoms with Crippen molar-refractivity contribution in [3.8, 4) is 0 Å². The first-order valence-corrected chi connectivity index (χ1v) is 12.0. The van der Waals surface area contributed by atoms with E-state index >= 15 is 0 Å². The van der Waals surface area contributed by atoms with E-state index in [0.29, 0.717) is 11.7 Å². The maximum absolute atomic E-state index is 12.6. The van der Waals surface area contributed by atoms with Gasteiger partial charge in [-0.25, -0.2) is 9.78 Å². The van der Waals surface area contributed by atoms with Crippen molar-refractivity contribution in [2.24, 2.45) is 23.7 Å². The molecule has 1 amide bonds. The molecular weight excluding hydrogens is 430 g/mol. The summed E-state index contributed by atoms with van der Waals surface area (Å²) in [4.78, 5) is 36.5. The van der Waals surface area contributed by atoms with Gasteiger partial charge in [0.2, 0.25) is 18.0 Å². The van der Waals surface area contributed by atoms with Gasteiger partial charge in [-0.1, -0.05) is 13.8 Å². The summed E-state index contributed by atoms with van der Waals surface area (Å²) in [7, 11) is 0. The molecule has 0 aromatic carbocycles. The van der Waals surface area contributed by atoms with Crippen molar-refractivity contribution < 1.29 is 38.0 Å². The molecule has 5 aliphatic rings. The maximum Gasteiger partial charge on any atom is 0.308 e. The molecule has 2 bridgehead atoms. The molecule has 1 aromatic rings. The Hall–Kier alpha value is -1.94. The lowest BCUT2D eigenvalue weighted by atomic mass is 9.58. The average molecular weight is 464 g/mol. The highest BCUT2D eigenvalue weighted by atomic mass is 17.3. The molecule has 1 N–H and O–H groups in total. The van der Waals surface area contributed by atoms with Crippen LogP contribution in [0, 0.1) is 23.7 Å². The SMILES string of the molecule is C[C@H]1[C@H](OC(=O)CCC(=O)NCc2ccco2)O[C@@H]2OC3(C)CC[C@H]4[C@H](C)CC[C@@H]1C24OO3. The van der Waals surface area contributed by atoms with Gasteiger partial charge in [-0.05, 0) is 50.2 Å². The summed E-state index contributed by atoms with van der Waals surface area (Å²) in [5.74, 6) is -0.239. The van der Waals surface area contributed by atoms with Crippen molar-refractivity contribution >= 4 is 11.9 Å². The fourth-order valence-corrected chi connectivity index (χ4v) is 6.10. The van der Waals surface area contributed by atoms with Gasteiger partial charge in [0.15, 0.2) is 11.9 Å².